The summed E-state index contributed by atoms with van der Waals surface area (Å²) in [7, 11) is -0.705. The highest BCUT2D eigenvalue weighted by Crippen LogP contribution is 2.37. The molecule has 0 N–H and O–H groups in total. The molecule has 1 aliphatic rings. The Morgan fingerprint density at radius 3 is 2.22 bits per heavy atom. The van der Waals surface area contributed by atoms with Gasteiger partial charge in [0.2, 0.25) is 5.88 Å². The fourth-order valence-electron chi connectivity index (χ4n) is 2.68. The van der Waals surface area contributed by atoms with Crippen LogP contribution in [0.1, 0.15) is 40.3 Å². The molecule has 5 nitrogen and oxygen atoms in total. The molecule has 9 heteroatoms. The van der Waals surface area contributed by atoms with Crippen molar-refractivity contribution in [2.75, 3.05) is 0 Å². The van der Waals surface area contributed by atoms with E-state index in [0.717, 1.165) is 6.92 Å². The van der Waals surface area contributed by atoms with Gasteiger partial charge in [-0.2, -0.15) is 13.2 Å². The van der Waals surface area contributed by atoms with E-state index in [2.05, 4.69) is 9.97 Å². The van der Waals surface area contributed by atoms with Gasteiger partial charge in [-0.3, -0.25) is 0 Å². The number of aromatic nitrogens is 2. The standard InChI is InChI=1S/C18H22BF3N2O3/c1-10-15(25-11(2)18(20,21)22)24-14-12(8-7-9-13(14)23-10)19-26-16(3,4)17(5,6)27-19/h7-9,11H,1-6H3. The quantitative estimate of drug-likeness (QED) is 0.760. The Morgan fingerprint density at radius 1 is 1.07 bits per heavy atom. The maximum Gasteiger partial charge on any atom is 0.497 e. The number of ether oxygens (including phenoxy) is 1. The van der Waals surface area contributed by atoms with E-state index in [4.69, 9.17) is 14.0 Å². The molecule has 2 aromatic rings. The molecule has 1 unspecified atom stereocenters. The second-order valence-corrected chi connectivity index (χ2v) is 7.72. The van der Waals surface area contributed by atoms with Crippen LogP contribution in [0.15, 0.2) is 18.2 Å². The van der Waals surface area contributed by atoms with Crippen LogP contribution in [-0.4, -0.2) is 40.6 Å². The Hall–Kier alpha value is -1.87. The fourth-order valence-corrected chi connectivity index (χ4v) is 2.68. The number of fused-ring (bicyclic) bond motifs is 1. The number of aryl methyl sites for hydroxylation is 1. The van der Waals surface area contributed by atoms with Crippen LogP contribution in [0.5, 0.6) is 5.88 Å². The molecule has 0 aliphatic carbocycles. The highest BCUT2D eigenvalue weighted by molar-refractivity contribution is 6.64. The zero-order valence-corrected chi connectivity index (χ0v) is 16.1. The number of rotatable bonds is 3. The Kier molecular flexibility index (Phi) is 4.67. The summed E-state index contributed by atoms with van der Waals surface area (Å²) in [5.74, 6) is -0.156. The van der Waals surface area contributed by atoms with Crippen molar-refractivity contribution in [1.29, 1.82) is 0 Å². The van der Waals surface area contributed by atoms with Crippen molar-refractivity contribution in [1.82, 2.24) is 9.97 Å². The molecular weight excluding hydrogens is 360 g/mol. The van der Waals surface area contributed by atoms with Gasteiger partial charge < -0.3 is 14.0 Å². The Morgan fingerprint density at radius 2 is 1.67 bits per heavy atom. The molecule has 1 saturated heterocycles. The molecule has 0 amide bonds. The van der Waals surface area contributed by atoms with Crippen molar-refractivity contribution in [2.24, 2.45) is 0 Å². The second kappa shape index (κ2) is 6.34. The van der Waals surface area contributed by atoms with Crippen LogP contribution in [0.3, 0.4) is 0 Å². The van der Waals surface area contributed by atoms with E-state index in [9.17, 15) is 13.2 Å². The van der Waals surface area contributed by atoms with E-state index in [0.29, 0.717) is 16.5 Å². The van der Waals surface area contributed by atoms with Gasteiger partial charge in [0.25, 0.3) is 0 Å². The molecule has 1 aromatic carbocycles. The fraction of sp³-hybridized carbons (Fsp3) is 0.556. The summed E-state index contributed by atoms with van der Waals surface area (Å²) < 4.78 is 55.7. The van der Waals surface area contributed by atoms with Gasteiger partial charge in [-0.25, -0.2) is 9.97 Å². The van der Waals surface area contributed by atoms with Crippen LogP contribution < -0.4 is 10.2 Å². The third kappa shape index (κ3) is 3.62. The van der Waals surface area contributed by atoms with E-state index < -0.39 is 30.6 Å². The van der Waals surface area contributed by atoms with Crippen molar-refractivity contribution in [3.63, 3.8) is 0 Å². The number of hydrogen-bond donors (Lipinski definition) is 0. The monoisotopic (exact) mass is 382 g/mol. The highest BCUT2D eigenvalue weighted by Gasteiger charge is 2.52. The predicted molar refractivity (Wildman–Crippen MR) is 96.1 cm³/mol. The van der Waals surface area contributed by atoms with Crippen LogP contribution in [-0.2, 0) is 9.31 Å². The van der Waals surface area contributed by atoms with Gasteiger partial charge in [-0.05, 0) is 47.6 Å². The van der Waals surface area contributed by atoms with Crippen LogP contribution in [0.4, 0.5) is 13.2 Å². The lowest BCUT2D eigenvalue weighted by Gasteiger charge is -2.32. The highest BCUT2D eigenvalue weighted by atomic mass is 19.4. The third-order valence-corrected chi connectivity index (χ3v) is 5.11. The molecule has 1 aliphatic heterocycles. The number of para-hydroxylation sites is 1. The summed E-state index contributed by atoms with van der Waals surface area (Å²) in [5.41, 5.74) is 0.704. The molecule has 0 bridgehead atoms. The van der Waals surface area contributed by atoms with Crippen LogP contribution in [0.25, 0.3) is 11.0 Å². The van der Waals surface area contributed by atoms with E-state index in [1.54, 1.807) is 25.1 Å². The zero-order chi connectivity index (χ0) is 20.2. The summed E-state index contributed by atoms with van der Waals surface area (Å²) in [4.78, 5) is 8.67. The van der Waals surface area contributed by atoms with Gasteiger partial charge in [-0.15, -0.1) is 0 Å². The van der Waals surface area contributed by atoms with Crippen molar-refractivity contribution >= 4 is 23.6 Å². The lowest BCUT2D eigenvalue weighted by molar-refractivity contribution is -0.190. The summed E-state index contributed by atoms with van der Waals surface area (Å²) in [6.45, 7) is 10.2. The first-order valence-electron chi connectivity index (χ1n) is 8.68. The average Bonchev–Trinajstić information content (AvgIpc) is 2.74. The molecule has 146 valence electrons. The minimum absolute atomic E-state index is 0.156. The molecule has 1 aromatic heterocycles. The number of alkyl halides is 3. The predicted octanol–water partition coefficient (Wildman–Crippen LogP) is 3.57. The molecule has 1 atom stereocenters. The summed E-state index contributed by atoms with van der Waals surface area (Å²) in [6.07, 6.45) is -6.49. The Bertz CT molecular complexity index is 855. The largest absolute Gasteiger partial charge is 0.497 e. The van der Waals surface area contributed by atoms with Crippen molar-refractivity contribution in [3.05, 3.63) is 23.9 Å². The first-order chi connectivity index (χ1) is 12.3. The molecule has 0 radical (unpaired) electrons. The third-order valence-electron chi connectivity index (χ3n) is 5.11. The molecular formula is C18H22BF3N2O3. The average molecular weight is 382 g/mol. The summed E-state index contributed by atoms with van der Waals surface area (Å²) in [6, 6.07) is 5.29. The van der Waals surface area contributed by atoms with Gasteiger partial charge >= 0.3 is 13.3 Å². The van der Waals surface area contributed by atoms with Crippen LogP contribution in [0, 0.1) is 6.92 Å². The number of benzene rings is 1. The normalized spacial score (nSPS) is 20.1. The molecule has 3 rings (SSSR count). The van der Waals surface area contributed by atoms with E-state index in [1.165, 1.54) is 0 Å². The van der Waals surface area contributed by atoms with Gasteiger partial charge in [0.05, 0.1) is 22.2 Å². The van der Waals surface area contributed by atoms with Gasteiger partial charge in [-0.1, -0.05) is 12.1 Å². The van der Waals surface area contributed by atoms with E-state index in [-0.39, 0.29) is 11.6 Å². The number of halogens is 3. The maximum absolute atomic E-state index is 12.9. The van der Waals surface area contributed by atoms with Crippen molar-refractivity contribution < 1.29 is 27.2 Å². The summed E-state index contributed by atoms with van der Waals surface area (Å²) in [5, 5.41) is 0. The molecule has 0 saturated carbocycles. The lowest BCUT2D eigenvalue weighted by Crippen LogP contribution is -2.41. The zero-order valence-electron chi connectivity index (χ0n) is 16.1. The van der Waals surface area contributed by atoms with Gasteiger partial charge in [0, 0.05) is 5.46 Å². The SMILES string of the molecule is Cc1nc2cccc(B3OC(C)(C)C(C)(C)O3)c2nc1OC(C)C(F)(F)F. The van der Waals surface area contributed by atoms with Crippen LogP contribution in [0.2, 0.25) is 0 Å². The molecule has 2 heterocycles. The van der Waals surface area contributed by atoms with E-state index >= 15 is 0 Å². The topological polar surface area (TPSA) is 53.5 Å². The smallest absolute Gasteiger partial charge is 0.464 e. The number of hydrogen-bond acceptors (Lipinski definition) is 5. The minimum atomic E-state index is -4.49. The van der Waals surface area contributed by atoms with Crippen molar-refractivity contribution in [2.45, 2.75) is 65.0 Å². The molecule has 1 fully saturated rings. The number of nitrogens with zero attached hydrogens (tertiary/aromatic N) is 2. The molecule has 0 spiro atoms. The van der Waals surface area contributed by atoms with Crippen molar-refractivity contribution in [3.8, 4) is 5.88 Å². The second-order valence-electron chi connectivity index (χ2n) is 7.72. The summed E-state index contributed by atoms with van der Waals surface area (Å²) >= 11 is 0. The van der Waals surface area contributed by atoms with Crippen LogP contribution >= 0.6 is 0 Å². The van der Waals surface area contributed by atoms with E-state index in [1.807, 2.05) is 27.7 Å². The Labute approximate surface area is 156 Å². The van der Waals surface area contributed by atoms with Gasteiger partial charge in [0.1, 0.15) is 5.69 Å². The lowest BCUT2D eigenvalue weighted by atomic mass is 9.78. The van der Waals surface area contributed by atoms with Gasteiger partial charge in [0.15, 0.2) is 6.10 Å². The Balaban J connectivity index is 2.04. The first kappa shape index (κ1) is 19.9. The maximum atomic E-state index is 12.9. The first-order valence-corrected chi connectivity index (χ1v) is 8.68. The molecule has 27 heavy (non-hydrogen) atoms. The minimum Gasteiger partial charge on any atom is -0.464 e.